The maximum atomic E-state index is 12.0. The van der Waals surface area contributed by atoms with E-state index in [0.717, 1.165) is 26.1 Å². The van der Waals surface area contributed by atoms with E-state index in [2.05, 4.69) is 40.2 Å². The molecule has 0 spiro atoms. The Balaban J connectivity index is 1.54. The number of nitrogens with zero attached hydrogens (tertiary/aromatic N) is 2. The number of carbonyl (C=O) groups excluding carboxylic acids is 1. The molecule has 1 aromatic rings. The van der Waals surface area contributed by atoms with Gasteiger partial charge in [-0.3, -0.25) is 4.90 Å². The van der Waals surface area contributed by atoms with E-state index in [9.17, 15) is 4.79 Å². The SMILES string of the molecule is Cn1cccc1CN1C[C@@H]2CC[C@H](NC(=O)OC(C)(C)C)[C@H]2C1. The van der Waals surface area contributed by atoms with Crippen molar-refractivity contribution < 1.29 is 9.53 Å². The monoisotopic (exact) mass is 319 g/mol. The predicted molar refractivity (Wildman–Crippen MR) is 90.1 cm³/mol. The summed E-state index contributed by atoms with van der Waals surface area (Å²) in [5, 5.41) is 3.10. The molecule has 1 aliphatic carbocycles. The quantitative estimate of drug-likeness (QED) is 0.932. The molecule has 23 heavy (non-hydrogen) atoms. The van der Waals surface area contributed by atoms with E-state index < -0.39 is 5.60 Å². The fourth-order valence-electron chi connectivity index (χ4n) is 4.01. The van der Waals surface area contributed by atoms with E-state index in [1.165, 1.54) is 12.1 Å². The van der Waals surface area contributed by atoms with Gasteiger partial charge in [-0.25, -0.2) is 4.79 Å². The number of fused-ring (bicyclic) bond motifs is 1. The number of ether oxygens (including phenoxy) is 1. The summed E-state index contributed by atoms with van der Waals surface area (Å²) in [5.74, 6) is 1.26. The van der Waals surface area contributed by atoms with Gasteiger partial charge in [0.1, 0.15) is 5.60 Å². The van der Waals surface area contributed by atoms with Crippen LogP contribution in [0.3, 0.4) is 0 Å². The summed E-state index contributed by atoms with van der Waals surface area (Å²) in [6, 6.07) is 4.54. The van der Waals surface area contributed by atoms with Crippen molar-refractivity contribution in [1.29, 1.82) is 0 Å². The first-order valence-corrected chi connectivity index (χ1v) is 8.64. The van der Waals surface area contributed by atoms with E-state index in [-0.39, 0.29) is 12.1 Å². The molecular weight excluding hydrogens is 290 g/mol. The van der Waals surface area contributed by atoms with Crippen LogP contribution < -0.4 is 5.32 Å². The molecule has 5 heteroatoms. The van der Waals surface area contributed by atoms with Crippen molar-refractivity contribution in [1.82, 2.24) is 14.8 Å². The highest BCUT2D eigenvalue weighted by Crippen LogP contribution is 2.38. The van der Waals surface area contributed by atoms with Gasteiger partial charge < -0.3 is 14.6 Å². The average Bonchev–Trinajstić information content (AvgIpc) is 3.08. The van der Waals surface area contributed by atoms with Gasteiger partial charge in [-0.15, -0.1) is 0 Å². The van der Waals surface area contributed by atoms with Gasteiger partial charge in [0.25, 0.3) is 0 Å². The van der Waals surface area contributed by atoms with Crippen molar-refractivity contribution in [2.24, 2.45) is 18.9 Å². The fraction of sp³-hybridized carbons (Fsp3) is 0.722. The van der Waals surface area contributed by atoms with Gasteiger partial charge in [0.05, 0.1) is 0 Å². The number of aromatic nitrogens is 1. The Bertz CT molecular complexity index is 561. The molecule has 2 fully saturated rings. The largest absolute Gasteiger partial charge is 0.444 e. The fourth-order valence-corrected chi connectivity index (χ4v) is 4.01. The molecule has 5 nitrogen and oxygen atoms in total. The van der Waals surface area contributed by atoms with E-state index in [4.69, 9.17) is 4.74 Å². The third-order valence-corrected chi connectivity index (χ3v) is 5.07. The molecule has 2 aliphatic rings. The lowest BCUT2D eigenvalue weighted by molar-refractivity contribution is 0.0491. The predicted octanol–water partition coefficient (Wildman–Crippen LogP) is 2.76. The van der Waals surface area contributed by atoms with Crippen LogP contribution in [-0.4, -0.2) is 40.3 Å². The molecule has 2 heterocycles. The van der Waals surface area contributed by atoms with Crippen molar-refractivity contribution in [2.75, 3.05) is 13.1 Å². The highest BCUT2D eigenvalue weighted by Gasteiger charge is 2.43. The summed E-state index contributed by atoms with van der Waals surface area (Å²) >= 11 is 0. The van der Waals surface area contributed by atoms with E-state index >= 15 is 0 Å². The minimum absolute atomic E-state index is 0.258. The number of nitrogens with one attached hydrogen (secondary N) is 1. The molecule has 3 atom stereocenters. The molecule has 128 valence electrons. The molecule has 0 radical (unpaired) electrons. The Morgan fingerprint density at radius 1 is 1.35 bits per heavy atom. The van der Waals surface area contributed by atoms with Crippen LogP contribution in [0.4, 0.5) is 4.79 Å². The van der Waals surface area contributed by atoms with Gasteiger partial charge in [0.15, 0.2) is 0 Å². The number of hydrogen-bond acceptors (Lipinski definition) is 3. The molecule has 3 rings (SSSR count). The maximum absolute atomic E-state index is 12.0. The first-order chi connectivity index (χ1) is 10.8. The van der Waals surface area contributed by atoms with Crippen molar-refractivity contribution in [3.63, 3.8) is 0 Å². The minimum atomic E-state index is -0.434. The smallest absolute Gasteiger partial charge is 0.407 e. The number of hydrogen-bond donors (Lipinski definition) is 1. The average molecular weight is 319 g/mol. The molecule has 1 aliphatic heterocycles. The second-order valence-corrected chi connectivity index (χ2v) is 8.06. The lowest BCUT2D eigenvalue weighted by Crippen LogP contribution is -2.42. The molecule has 0 aromatic carbocycles. The Kier molecular flexibility index (Phi) is 4.41. The summed E-state index contributed by atoms with van der Waals surface area (Å²) in [6.45, 7) is 8.91. The zero-order chi connectivity index (χ0) is 16.6. The van der Waals surface area contributed by atoms with Crippen LogP contribution in [0, 0.1) is 11.8 Å². The standard InChI is InChI=1S/C18H29N3O2/c1-18(2,3)23-17(22)19-16-8-7-13-10-21(12-15(13)16)11-14-6-5-9-20(14)4/h5-6,9,13,15-16H,7-8,10-12H2,1-4H3,(H,19,22)/t13-,15-,16-/m0/s1. The lowest BCUT2D eigenvalue weighted by Gasteiger charge is -2.25. The van der Waals surface area contributed by atoms with Crippen molar-refractivity contribution >= 4 is 6.09 Å². The minimum Gasteiger partial charge on any atom is -0.444 e. The van der Waals surface area contributed by atoms with Crippen molar-refractivity contribution in [3.8, 4) is 0 Å². The van der Waals surface area contributed by atoms with E-state index in [1.54, 1.807) is 0 Å². The Morgan fingerprint density at radius 2 is 2.13 bits per heavy atom. The second kappa shape index (κ2) is 6.19. The van der Waals surface area contributed by atoms with Gasteiger partial charge in [-0.05, 0) is 57.6 Å². The molecule has 1 saturated carbocycles. The summed E-state index contributed by atoms with van der Waals surface area (Å²) in [7, 11) is 2.10. The number of aryl methyl sites for hydroxylation is 1. The highest BCUT2D eigenvalue weighted by molar-refractivity contribution is 5.68. The normalized spacial score (nSPS) is 27.9. The van der Waals surface area contributed by atoms with Gasteiger partial charge >= 0.3 is 6.09 Å². The molecule has 1 aromatic heterocycles. The Hall–Kier alpha value is -1.49. The van der Waals surface area contributed by atoms with E-state index in [0.29, 0.717) is 11.8 Å². The zero-order valence-electron chi connectivity index (χ0n) is 14.7. The van der Waals surface area contributed by atoms with Crippen LogP contribution in [0.25, 0.3) is 0 Å². The molecular formula is C18H29N3O2. The number of rotatable bonds is 3. The number of carbonyl (C=O) groups is 1. The summed E-state index contributed by atoms with van der Waals surface area (Å²) in [4.78, 5) is 14.6. The Morgan fingerprint density at radius 3 is 2.78 bits per heavy atom. The topological polar surface area (TPSA) is 46.5 Å². The first kappa shape index (κ1) is 16.4. The van der Waals surface area contributed by atoms with Crippen LogP contribution in [0.2, 0.25) is 0 Å². The lowest BCUT2D eigenvalue weighted by atomic mass is 9.98. The molecule has 1 amide bonds. The number of likely N-dealkylation sites (tertiary alicyclic amines) is 1. The Labute approximate surface area is 139 Å². The van der Waals surface area contributed by atoms with Crippen molar-refractivity contribution in [2.45, 2.75) is 51.8 Å². The van der Waals surface area contributed by atoms with Crippen molar-refractivity contribution in [3.05, 3.63) is 24.0 Å². The van der Waals surface area contributed by atoms with E-state index in [1.807, 2.05) is 20.8 Å². The zero-order valence-corrected chi connectivity index (χ0v) is 14.7. The van der Waals surface area contributed by atoms with Crippen LogP contribution >= 0.6 is 0 Å². The molecule has 0 unspecified atom stereocenters. The van der Waals surface area contributed by atoms with Crippen LogP contribution in [0.15, 0.2) is 18.3 Å². The molecule has 1 saturated heterocycles. The van der Waals surface area contributed by atoms with Gasteiger partial charge in [0.2, 0.25) is 0 Å². The highest BCUT2D eigenvalue weighted by atomic mass is 16.6. The maximum Gasteiger partial charge on any atom is 0.407 e. The van der Waals surface area contributed by atoms with Gasteiger partial charge in [-0.2, -0.15) is 0 Å². The number of amides is 1. The van der Waals surface area contributed by atoms with Crippen LogP contribution in [-0.2, 0) is 18.3 Å². The molecule has 0 bridgehead atoms. The number of alkyl carbamates (subject to hydrolysis) is 1. The summed E-state index contributed by atoms with van der Waals surface area (Å²) in [5.41, 5.74) is 0.915. The third kappa shape index (κ3) is 3.89. The van der Waals surface area contributed by atoms with Crippen LogP contribution in [0.5, 0.6) is 0 Å². The van der Waals surface area contributed by atoms with Gasteiger partial charge in [-0.1, -0.05) is 0 Å². The summed E-state index contributed by atoms with van der Waals surface area (Å²) < 4.78 is 7.59. The van der Waals surface area contributed by atoms with Gasteiger partial charge in [0, 0.05) is 44.6 Å². The third-order valence-electron chi connectivity index (χ3n) is 5.07. The summed E-state index contributed by atoms with van der Waals surface area (Å²) in [6.07, 6.45) is 4.10. The first-order valence-electron chi connectivity index (χ1n) is 8.64. The second-order valence-electron chi connectivity index (χ2n) is 8.06. The molecule has 1 N–H and O–H groups in total. The van der Waals surface area contributed by atoms with Crippen LogP contribution in [0.1, 0.15) is 39.3 Å².